The molecule has 0 saturated carbocycles. The number of nitrogens with zero attached hydrogens (tertiary/aromatic N) is 2. The highest BCUT2D eigenvalue weighted by atomic mass is 15.2. The molecule has 0 spiro atoms. The minimum absolute atomic E-state index is 0.392. The minimum Gasteiger partial charge on any atom is -0.340 e. The van der Waals surface area contributed by atoms with Crippen LogP contribution in [0.3, 0.4) is 0 Å². The van der Waals surface area contributed by atoms with Crippen molar-refractivity contribution in [3.05, 3.63) is 126 Å². The van der Waals surface area contributed by atoms with Crippen molar-refractivity contribution in [1.82, 2.24) is 0 Å². The molecule has 1 aliphatic heterocycles. The molecule has 2 heteroatoms. The summed E-state index contributed by atoms with van der Waals surface area (Å²) in [5.41, 5.74) is 11.1. The van der Waals surface area contributed by atoms with E-state index >= 15 is 0 Å². The fraction of sp³-hybridized carbons (Fsp3) is 0.250. The lowest BCUT2D eigenvalue weighted by Crippen LogP contribution is -2.29. The van der Waals surface area contributed by atoms with E-state index in [0.717, 1.165) is 25.0 Å². The molecule has 2 nitrogen and oxygen atoms in total. The molecule has 2 aromatic carbocycles. The number of fused-ring (bicyclic) bond motifs is 1. The fourth-order valence-corrected chi connectivity index (χ4v) is 4.98. The Morgan fingerprint density at radius 2 is 1.97 bits per heavy atom. The van der Waals surface area contributed by atoms with E-state index in [2.05, 4.69) is 124 Å². The summed E-state index contributed by atoms with van der Waals surface area (Å²) in [6.45, 7) is 17.9. The first-order valence-corrected chi connectivity index (χ1v) is 12.2. The summed E-state index contributed by atoms with van der Waals surface area (Å²) in [4.78, 5) is 4.81. The average Bonchev–Trinajstić information content (AvgIpc) is 2.83. The SMILES string of the molecule is C=CC(=C)C1=C(N(C/C=C\C)c2cc(C)cc(N3C=C(C)Cc4ccccc43)c2)C(C)CC=C1. The van der Waals surface area contributed by atoms with E-state index < -0.39 is 0 Å². The Hall–Kier alpha value is -3.52. The third kappa shape index (κ3) is 4.72. The van der Waals surface area contributed by atoms with Crippen LogP contribution in [0.5, 0.6) is 0 Å². The number of benzene rings is 2. The highest BCUT2D eigenvalue weighted by Gasteiger charge is 2.25. The van der Waals surface area contributed by atoms with E-state index in [1.165, 1.54) is 45.0 Å². The van der Waals surface area contributed by atoms with Gasteiger partial charge in [0.05, 0.1) is 0 Å². The number of allylic oxidation sites excluding steroid dienone is 8. The van der Waals surface area contributed by atoms with Crippen LogP contribution in [0.1, 0.15) is 38.3 Å². The van der Waals surface area contributed by atoms with Crippen LogP contribution < -0.4 is 9.80 Å². The van der Waals surface area contributed by atoms with Gasteiger partial charge in [0.2, 0.25) is 0 Å². The highest BCUT2D eigenvalue weighted by Crippen LogP contribution is 2.40. The highest BCUT2D eigenvalue weighted by molar-refractivity contribution is 5.76. The van der Waals surface area contributed by atoms with Crippen molar-refractivity contribution in [3.63, 3.8) is 0 Å². The van der Waals surface area contributed by atoms with Crippen molar-refractivity contribution < 1.29 is 0 Å². The molecule has 0 fully saturated rings. The summed E-state index contributed by atoms with van der Waals surface area (Å²) in [7, 11) is 0. The quantitative estimate of drug-likeness (QED) is 0.309. The predicted octanol–water partition coefficient (Wildman–Crippen LogP) is 8.57. The lowest BCUT2D eigenvalue weighted by Gasteiger charge is -2.35. The Bertz CT molecular complexity index is 1220. The van der Waals surface area contributed by atoms with Gasteiger partial charge in [-0.3, -0.25) is 0 Å². The zero-order valence-electron chi connectivity index (χ0n) is 21.0. The molecule has 0 bridgehead atoms. The molecule has 0 aromatic heterocycles. The molecule has 0 saturated heterocycles. The van der Waals surface area contributed by atoms with Crippen molar-refractivity contribution in [3.8, 4) is 0 Å². The van der Waals surface area contributed by atoms with Gasteiger partial charge in [-0.2, -0.15) is 0 Å². The molecule has 1 unspecified atom stereocenters. The van der Waals surface area contributed by atoms with E-state index in [4.69, 9.17) is 0 Å². The topological polar surface area (TPSA) is 6.48 Å². The Balaban J connectivity index is 1.87. The maximum Gasteiger partial charge on any atom is 0.0490 e. The number of rotatable bonds is 7. The largest absolute Gasteiger partial charge is 0.340 e. The van der Waals surface area contributed by atoms with Crippen LogP contribution in [0, 0.1) is 12.8 Å². The van der Waals surface area contributed by atoms with E-state index in [-0.39, 0.29) is 0 Å². The van der Waals surface area contributed by atoms with Crippen molar-refractivity contribution >= 4 is 17.1 Å². The van der Waals surface area contributed by atoms with E-state index in [9.17, 15) is 0 Å². The molecular weight excluding hydrogens is 412 g/mol. The van der Waals surface area contributed by atoms with Crippen LogP contribution in [-0.2, 0) is 6.42 Å². The normalized spacial score (nSPS) is 17.6. The summed E-state index contributed by atoms with van der Waals surface area (Å²) >= 11 is 0. The van der Waals surface area contributed by atoms with Gasteiger partial charge in [-0.05, 0) is 74.6 Å². The van der Waals surface area contributed by atoms with E-state index in [0.29, 0.717) is 5.92 Å². The Morgan fingerprint density at radius 1 is 1.18 bits per heavy atom. The molecule has 0 N–H and O–H groups in total. The van der Waals surface area contributed by atoms with Crippen LogP contribution in [0.25, 0.3) is 0 Å². The minimum atomic E-state index is 0.392. The molecule has 1 heterocycles. The summed E-state index contributed by atoms with van der Waals surface area (Å²) < 4.78 is 0. The summed E-state index contributed by atoms with van der Waals surface area (Å²) in [6.07, 6.45) is 15.0. The van der Waals surface area contributed by atoms with E-state index in [1.807, 2.05) is 6.08 Å². The van der Waals surface area contributed by atoms with Crippen LogP contribution in [0.15, 0.2) is 115 Å². The van der Waals surface area contributed by atoms with Gasteiger partial charge < -0.3 is 9.80 Å². The molecule has 2 aliphatic rings. The van der Waals surface area contributed by atoms with Crippen molar-refractivity contribution in [2.75, 3.05) is 16.3 Å². The monoisotopic (exact) mass is 448 g/mol. The lowest BCUT2D eigenvalue weighted by atomic mass is 9.88. The summed E-state index contributed by atoms with van der Waals surface area (Å²) in [5, 5.41) is 0. The van der Waals surface area contributed by atoms with Crippen LogP contribution in [-0.4, -0.2) is 6.54 Å². The van der Waals surface area contributed by atoms with Gasteiger partial charge >= 0.3 is 0 Å². The van der Waals surface area contributed by atoms with Crippen LogP contribution in [0.2, 0.25) is 0 Å². The van der Waals surface area contributed by atoms with Gasteiger partial charge in [0.1, 0.15) is 0 Å². The fourth-order valence-electron chi connectivity index (χ4n) is 4.98. The molecule has 174 valence electrons. The average molecular weight is 449 g/mol. The smallest absolute Gasteiger partial charge is 0.0490 e. The lowest BCUT2D eigenvalue weighted by molar-refractivity contribution is 0.647. The molecule has 1 aliphatic carbocycles. The maximum atomic E-state index is 4.29. The maximum absolute atomic E-state index is 4.29. The molecule has 1 atom stereocenters. The van der Waals surface area contributed by atoms with Gasteiger partial charge in [-0.1, -0.05) is 74.2 Å². The van der Waals surface area contributed by atoms with Gasteiger partial charge in [0.25, 0.3) is 0 Å². The predicted molar refractivity (Wildman–Crippen MR) is 149 cm³/mol. The Labute approximate surface area is 205 Å². The number of hydrogen-bond acceptors (Lipinski definition) is 2. The first-order chi connectivity index (χ1) is 16.4. The summed E-state index contributed by atoms with van der Waals surface area (Å²) in [5.74, 6) is 0.392. The third-order valence-corrected chi connectivity index (χ3v) is 6.63. The summed E-state index contributed by atoms with van der Waals surface area (Å²) in [6, 6.07) is 15.6. The van der Waals surface area contributed by atoms with E-state index in [1.54, 1.807) is 0 Å². The van der Waals surface area contributed by atoms with Crippen LogP contribution >= 0.6 is 0 Å². The molecule has 2 aromatic rings. The van der Waals surface area contributed by atoms with Gasteiger partial charge in [-0.25, -0.2) is 0 Å². The number of aryl methyl sites for hydroxylation is 1. The Morgan fingerprint density at radius 3 is 2.74 bits per heavy atom. The number of hydrogen-bond donors (Lipinski definition) is 0. The standard InChI is InChI=1S/C32H36N2/c1-7-9-17-33(32-26(6)13-12-15-30(32)25(5)8-2)28-19-23(3)20-29(21-28)34-22-24(4)18-27-14-10-11-16-31(27)34/h7-12,14-16,19-22,26H,2,5,13,17-18H2,1,3-4,6H3/b9-7-. The number of anilines is 3. The third-order valence-electron chi connectivity index (χ3n) is 6.63. The van der Waals surface area contributed by atoms with Gasteiger partial charge in [0, 0.05) is 47.0 Å². The van der Waals surface area contributed by atoms with Crippen molar-refractivity contribution in [1.29, 1.82) is 0 Å². The first kappa shape index (κ1) is 23.6. The second-order valence-electron chi connectivity index (χ2n) is 9.42. The second kappa shape index (κ2) is 10.2. The second-order valence-corrected chi connectivity index (χ2v) is 9.42. The van der Waals surface area contributed by atoms with Gasteiger partial charge in [-0.15, -0.1) is 0 Å². The molecular formula is C32H36N2. The zero-order valence-corrected chi connectivity index (χ0v) is 21.0. The molecule has 0 amide bonds. The molecule has 4 rings (SSSR count). The van der Waals surface area contributed by atoms with Crippen molar-refractivity contribution in [2.24, 2.45) is 5.92 Å². The Kier molecular flexibility index (Phi) is 7.07. The first-order valence-electron chi connectivity index (χ1n) is 12.2. The van der Waals surface area contributed by atoms with Crippen LogP contribution in [0.4, 0.5) is 17.1 Å². The van der Waals surface area contributed by atoms with Gasteiger partial charge in [0.15, 0.2) is 0 Å². The van der Waals surface area contributed by atoms with Crippen molar-refractivity contribution in [2.45, 2.75) is 40.5 Å². The number of para-hydroxylation sites is 1. The molecule has 0 radical (unpaired) electrons. The molecule has 34 heavy (non-hydrogen) atoms. The zero-order chi connectivity index (χ0) is 24.2.